The van der Waals surface area contributed by atoms with Crippen LogP contribution in [0, 0.1) is 0 Å². The number of hydrogen-bond acceptors (Lipinski definition) is 5. The molecule has 0 radical (unpaired) electrons. The summed E-state index contributed by atoms with van der Waals surface area (Å²) in [5, 5.41) is 14.3. The Hall–Kier alpha value is -2.28. The molecular formula is C13H15N5O2. The average molecular weight is 273 g/mol. The van der Waals surface area contributed by atoms with Crippen LogP contribution in [0.1, 0.15) is 17.9 Å². The minimum absolute atomic E-state index is 0.0403. The number of aromatic nitrogens is 4. The van der Waals surface area contributed by atoms with E-state index >= 15 is 0 Å². The van der Waals surface area contributed by atoms with Gasteiger partial charge in [0.2, 0.25) is 0 Å². The van der Waals surface area contributed by atoms with Gasteiger partial charge >= 0.3 is 0 Å². The maximum Gasteiger partial charge on any atom is 0.254 e. The van der Waals surface area contributed by atoms with Crippen molar-refractivity contribution in [3.05, 3.63) is 36.4 Å². The third kappa shape index (κ3) is 2.53. The van der Waals surface area contributed by atoms with Crippen molar-refractivity contribution in [2.75, 3.05) is 11.9 Å². The molecule has 2 aromatic rings. The third-order valence-electron chi connectivity index (χ3n) is 3.35. The molecule has 1 aliphatic rings. The number of nitrogens with zero attached hydrogens (tertiary/aromatic N) is 4. The highest BCUT2D eigenvalue weighted by Crippen LogP contribution is 2.31. The van der Waals surface area contributed by atoms with Crippen molar-refractivity contribution in [2.45, 2.75) is 18.4 Å². The Morgan fingerprint density at radius 3 is 3.05 bits per heavy atom. The summed E-state index contributed by atoms with van der Waals surface area (Å²) in [7, 11) is 1.86. The first-order chi connectivity index (χ1) is 9.74. The van der Waals surface area contributed by atoms with E-state index in [1.165, 1.54) is 12.4 Å². The maximum atomic E-state index is 12.3. The minimum atomic E-state index is -0.493. The van der Waals surface area contributed by atoms with Crippen LogP contribution < -0.4 is 5.32 Å². The molecule has 104 valence electrons. The smallest absolute Gasteiger partial charge is 0.254 e. The van der Waals surface area contributed by atoms with Gasteiger partial charge in [0.1, 0.15) is 6.10 Å². The highest BCUT2D eigenvalue weighted by atomic mass is 16.5. The molecule has 0 bridgehead atoms. The predicted octanol–water partition coefficient (Wildman–Crippen LogP) is 0.721. The average Bonchev–Trinajstić information content (AvgIpc) is 3.08. The van der Waals surface area contributed by atoms with Gasteiger partial charge in [-0.1, -0.05) is 0 Å². The predicted molar refractivity (Wildman–Crippen MR) is 71.0 cm³/mol. The Balaban J connectivity index is 1.73. The van der Waals surface area contributed by atoms with Gasteiger partial charge in [0.05, 0.1) is 24.3 Å². The Bertz CT molecular complexity index is 598. The lowest BCUT2D eigenvalue weighted by atomic mass is 9.94. The van der Waals surface area contributed by atoms with Crippen molar-refractivity contribution in [1.82, 2.24) is 20.0 Å². The summed E-state index contributed by atoms with van der Waals surface area (Å²) in [4.78, 5) is 12.3. The van der Waals surface area contributed by atoms with Crippen LogP contribution in [0.15, 0.2) is 30.9 Å². The molecule has 2 aromatic heterocycles. The molecule has 2 atom stereocenters. The number of carbonyl (C=O) groups is 1. The van der Waals surface area contributed by atoms with E-state index in [0.717, 1.165) is 12.0 Å². The summed E-state index contributed by atoms with van der Waals surface area (Å²) >= 11 is 0. The molecule has 0 aromatic carbocycles. The van der Waals surface area contributed by atoms with Crippen LogP contribution in [0.4, 0.5) is 5.69 Å². The molecule has 0 aliphatic carbocycles. The van der Waals surface area contributed by atoms with Crippen molar-refractivity contribution in [3.63, 3.8) is 0 Å². The van der Waals surface area contributed by atoms with E-state index in [2.05, 4.69) is 20.6 Å². The molecule has 0 spiro atoms. The Morgan fingerprint density at radius 2 is 2.35 bits per heavy atom. The lowest BCUT2D eigenvalue weighted by molar-refractivity contribution is -0.125. The number of anilines is 1. The molecule has 7 nitrogen and oxygen atoms in total. The molecule has 0 saturated carbocycles. The van der Waals surface area contributed by atoms with Gasteiger partial charge in [-0.05, 0) is 18.1 Å². The second-order valence-electron chi connectivity index (χ2n) is 4.75. The van der Waals surface area contributed by atoms with E-state index in [1.807, 2.05) is 13.2 Å². The van der Waals surface area contributed by atoms with E-state index < -0.39 is 6.10 Å². The molecule has 3 heterocycles. The lowest BCUT2D eigenvalue weighted by Gasteiger charge is -2.16. The molecule has 0 unspecified atom stereocenters. The summed E-state index contributed by atoms with van der Waals surface area (Å²) in [6.45, 7) is 0.576. The molecule has 3 rings (SSSR count). The number of amides is 1. The fraction of sp³-hybridized carbons (Fsp3) is 0.385. The van der Waals surface area contributed by atoms with Crippen molar-refractivity contribution < 1.29 is 9.53 Å². The number of ether oxygens (including phenoxy) is 1. The molecule has 1 fully saturated rings. The number of rotatable bonds is 3. The first-order valence-corrected chi connectivity index (χ1v) is 6.42. The fourth-order valence-corrected chi connectivity index (χ4v) is 2.40. The summed E-state index contributed by atoms with van der Waals surface area (Å²) in [5.41, 5.74) is 1.64. The van der Waals surface area contributed by atoms with Crippen LogP contribution in [-0.2, 0) is 16.6 Å². The van der Waals surface area contributed by atoms with E-state index in [4.69, 9.17) is 4.74 Å². The second-order valence-corrected chi connectivity index (χ2v) is 4.75. The lowest BCUT2D eigenvalue weighted by Crippen LogP contribution is -2.31. The Labute approximate surface area is 116 Å². The van der Waals surface area contributed by atoms with Crippen molar-refractivity contribution >= 4 is 11.6 Å². The monoisotopic (exact) mass is 273 g/mol. The van der Waals surface area contributed by atoms with Gasteiger partial charge in [0.15, 0.2) is 0 Å². The normalized spacial score (nSPS) is 21.9. The number of aryl methyl sites for hydroxylation is 1. The zero-order chi connectivity index (χ0) is 13.9. The van der Waals surface area contributed by atoms with Gasteiger partial charge in [-0.25, -0.2) is 0 Å². The molecule has 1 saturated heterocycles. The van der Waals surface area contributed by atoms with Crippen LogP contribution in [0.3, 0.4) is 0 Å². The van der Waals surface area contributed by atoms with Crippen molar-refractivity contribution in [2.24, 2.45) is 7.05 Å². The van der Waals surface area contributed by atoms with E-state index in [-0.39, 0.29) is 11.8 Å². The standard InChI is InChI=1S/C13H15N5O2/c1-18-8-9(6-16-18)11-3-5-20-12(11)13(19)17-10-2-4-14-15-7-10/h2,4,6-8,11-12H,3,5H2,1H3,(H,14,17,19)/t11-,12-/m0/s1. The number of carbonyl (C=O) groups excluding carboxylic acids is 1. The largest absolute Gasteiger partial charge is 0.368 e. The Morgan fingerprint density at radius 1 is 1.45 bits per heavy atom. The molecule has 1 amide bonds. The summed E-state index contributed by atoms with van der Waals surface area (Å²) in [6.07, 6.45) is 7.07. The van der Waals surface area contributed by atoms with Gasteiger partial charge in [-0.15, -0.1) is 0 Å². The van der Waals surface area contributed by atoms with Gasteiger partial charge < -0.3 is 10.1 Å². The van der Waals surface area contributed by atoms with Crippen molar-refractivity contribution in [3.8, 4) is 0 Å². The first-order valence-electron chi connectivity index (χ1n) is 6.42. The van der Waals surface area contributed by atoms with E-state index in [9.17, 15) is 4.79 Å². The third-order valence-corrected chi connectivity index (χ3v) is 3.35. The van der Waals surface area contributed by atoms with E-state index in [0.29, 0.717) is 12.3 Å². The fourth-order valence-electron chi connectivity index (χ4n) is 2.40. The Kier molecular flexibility index (Phi) is 3.42. The summed E-state index contributed by atoms with van der Waals surface area (Å²) in [6, 6.07) is 1.69. The molecule has 1 aliphatic heterocycles. The highest BCUT2D eigenvalue weighted by molar-refractivity contribution is 5.94. The van der Waals surface area contributed by atoms with Gasteiger partial charge in [-0.3, -0.25) is 9.48 Å². The van der Waals surface area contributed by atoms with Crippen LogP contribution in [-0.4, -0.2) is 38.6 Å². The molecule has 1 N–H and O–H groups in total. The number of nitrogens with one attached hydrogen (secondary N) is 1. The highest BCUT2D eigenvalue weighted by Gasteiger charge is 2.36. The number of hydrogen-bond donors (Lipinski definition) is 1. The molecule has 7 heteroatoms. The second kappa shape index (κ2) is 5.38. The van der Waals surface area contributed by atoms with Gasteiger partial charge in [0.25, 0.3) is 5.91 Å². The van der Waals surface area contributed by atoms with Gasteiger partial charge in [-0.2, -0.15) is 15.3 Å². The quantitative estimate of drug-likeness (QED) is 0.891. The molecule has 20 heavy (non-hydrogen) atoms. The summed E-state index contributed by atoms with van der Waals surface area (Å²) in [5.74, 6) is -0.122. The van der Waals surface area contributed by atoms with Gasteiger partial charge in [0, 0.05) is 25.8 Å². The SMILES string of the molecule is Cn1cc([C@@H]2CCO[C@@H]2C(=O)Nc2ccnnc2)cn1. The van der Waals surface area contributed by atoms with Crippen LogP contribution in [0.2, 0.25) is 0 Å². The summed E-state index contributed by atoms with van der Waals surface area (Å²) < 4.78 is 7.31. The topological polar surface area (TPSA) is 81.9 Å². The van der Waals surface area contributed by atoms with Crippen LogP contribution in [0.25, 0.3) is 0 Å². The first kappa shape index (κ1) is 12.7. The maximum absolute atomic E-state index is 12.3. The van der Waals surface area contributed by atoms with Crippen LogP contribution >= 0.6 is 0 Å². The zero-order valence-corrected chi connectivity index (χ0v) is 11.1. The van der Waals surface area contributed by atoms with Crippen LogP contribution in [0.5, 0.6) is 0 Å². The minimum Gasteiger partial charge on any atom is -0.368 e. The van der Waals surface area contributed by atoms with E-state index in [1.54, 1.807) is 16.9 Å². The van der Waals surface area contributed by atoms with Crippen molar-refractivity contribution in [1.29, 1.82) is 0 Å². The zero-order valence-electron chi connectivity index (χ0n) is 11.1. The molecular weight excluding hydrogens is 258 g/mol.